The molecule has 4 aromatic rings. The Labute approximate surface area is 168 Å². The van der Waals surface area contributed by atoms with Crippen LogP contribution in [0.3, 0.4) is 0 Å². The molecule has 1 fully saturated rings. The number of nitrogens with zero attached hydrogens (tertiary/aromatic N) is 3. The van der Waals surface area contributed by atoms with Gasteiger partial charge >= 0.3 is 0 Å². The Morgan fingerprint density at radius 3 is 2.38 bits per heavy atom. The SMILES string of the molecule is O=C(c1cccc2ccccc12)N1CCC(Oc2nncc3ccccc23)CC1. The molecule has 1 saturated heterocycles. The number of piperidine rings is 1. The van der Waals surface area contributed by atoms with Crippen molar-refractivity contribution in [3.8, 4) is 5.88 Å². The molecular formula is C24H21N3O2. The third kappa shape index (κ3) is 3.40. The van der Waals surface area contributed by atoms with E-state index >= 15 is 0 Å². The largest absolute Gasteiger partial charge is 0.473 e. The third-order valence-corrected chi connectivity index (χ3v) is 5.56. The molecule has 2 heterocycles. The molecule has 0 bridgehead atoms. The molecule has 0 saturated carbocycles. The minimum atomic E-state index is 0.0340. The first kappa shape index (κ1) is 17.6. The fourth-order valence-electron chi connectivity index (χ4n) is 4.01. The lowest BCUT2D eigenvalue weighted by molar-refractivity contribution is 0.0591. The summed E-state index contributed by atoms with van der Waals surface area (Å²) in [5.74, 6) is 0.659. The molecule has 5 heteroatoms. The summed E-state index contributed by atoms with van der Waals surface area (Å²) in [6.07, 6.45) is 3.34. The first-order chi connectivity index (χ1) is 14.3. The highest BCUT2D eigenvalue weighted by molar-refractivity contribution is 6.07. The zero-order valence-corrected chi connectivity index (χ0v) is 16.0. The molecule has 0 unspecified atom stereocenters. The molecular weight excluding hydrogens is 362 g/mol. The van der Waals surface area contributed by atoms with Crippen LogP contribution < -0.4 is 4.74 Å². The van der Waals surface area contributed by atoms with Gasteiger partial charge in [0.2, 0.25) is 5.88 Å². The first-order valence-corrected chi connectivity index (χ1v) is 9.94. The highest BCUT2D eigenvalue weighted by atomic mass is 16.5. The number of likely N-dealkylation sites (tertiary alicyclic amines) is 1. The molecule has 0 atom stereocenters. The topological polar surface area (TPSA) is 55.3 Å². The van der Waals surface area contributed by atoms with Crippen molar-refractivity contribution in [1.29, 1.82) is 0 Å². The number of hydrogen-bond donors (Lipinski definition) is 0. The second-order valence-electron chi connectivity index (χ2n) is 7.37. The van der Waals surface area contributed by atoms with Crippen molar-refractivity contribution in [1.82, 2.24) is 15.1 Å². The van der Waals surface area contributed by atoms with E-state index in [1.54, 1.807) is 6.20 Å². The van der Waals surface area contributed by atoms with Crippen LogP contribution in [0.2, 0.25) is 0 Å². The smallest absolute Gasteiger partial charge is 0.254 e. The standard InChI is InChI=1S/C24H21N3O2/c28-24(22-11-5-8-17-6-1-3-9-20(17)22)27-14-12-19(13-15-27)29-23-21-10-4-2-7-18(21)16-25-26-23/h1-11,16,19H,12-15H2. The third-order valence-electron chi connectivity index (χ3n) is 5.56. The van der Waals surface area contributed by atoms with Crippen LogP contribution in [0.15, 0.2) is 72.9 Å². The zero-order chi connectivity index (χ0) is 19.6. The lowest BCUT2D eigenvalue weighted by atomic mass is 10.0. The number of hydrogen-bond acceptors (Lipinski definition) is 4. The van der Waals surface area contributed by atoms with Gasteiger partial charge < -0.3 is 9.64 Å². The average Bonchev–Trinajstić information content (AvgIpc) is 2.79. The van der Waals surface area contributed by atoms with Crippen LogP contribution in [0.1, 0.15) is 23.2 Å². The lowest BCUT2D eigenvalue weighted by Gasteiger charge is -2.32. The first-order valence-electron chi connectivity index (χ1n) is 9.94. The molecule has 29 heavy (non-hydrogen) atoms. The molecule has 0 spiro atoms. The number of benzene rings is 3. The van der Waals surface area contributed by atoms with Crippen molar-refractivity contribution < 1.29 is 9.53 Å². The number of carbonyl (C=O) groups is 1. The van der Waals surface area contributed by atoms with Crippen LogP contribution in [0.5, 0.6) is 5.88 Å². The van der Waals surface area contributed by atoms with Crippen molar-refractivity contribution >= 4 is 27.5 Å². The highest BCUT2D eigenvalue weighted by Gasteiger charge is 2.26. The van der Waals surface area contributed by atoms with E-state index in [0.29, 0.717) is 19.0 Å². The maximum absolute atomic E-state index is 13.1. The van der Waals surface area contributed by atoms with Crippen molar-refractivity contribution in [3.05, 3.63) is 78.5 Å². The summed E-state index contributed by atoms with van der Waals surface area (Å²) >= 11 is 0. The molecule has 1 aliphatic rings. The molecule has 3 aromatic carbocycles. The maximum Gasteiger partial charge on any atom is 0.254 e. The summed E-state index contributed by atoms with van der Waals surface area (Å²) in [6, 6.07) is 21.9. The average molecular weight is 383 g/mol. The number of rotatable bonds is 3. The highest BCUT2D eigenvalue weighted by Crippen LogP contribution is 2.26. The van der Waals surface area contributed by atoms with Gasteiger partial charge in [0.15, 0.2) is 0 Å². The summed E-state index contributed by atoms with van der Waals surface area (Å²) in [4.78, 5) is 15.0. The zero-order valence-electron chi connectivity index (χ0n) is 16.0. The van der Waals surface area contributed by atoms with Crippen molar-refractivity contribution in [2.75, 3.05) is 13.1 Å². The number of fused-ring (bicyclic) bond motifs is 2. The molecule has 1 aromatic heterocycles. The van der Waals surface area contributed by atoms with Crippen molar-refractivity contribution in [2.24, 2.45) is 0 Å². The molecule has 1 amide bonds. The summed E-state index contributed by atoms with van der Waals surface area (Å²) in [5.41, 5.74) is 0.766. The number of amides is 1. The summed E-state index contributed by atoms with van der Waals surface area (Å²) in [7, 11) is 0. The Balaban J connectivity index is 1.29. The minimum absolute atomic E-state index is 0.0340. The molecule has 0 radical (unpaired) electrons. The molecule has 1 aliphatic heterocycles. The predicted octanol–water partition coefficient (Wildman–Crippen LogP) is 4.47. The number of aromatic nitrogens is 2. The van der Waals surface area contributed by atoms with Gasteiger partial charge in [0.1, 0.15) is 6.10 Å². The second-order valence-corrected chi connectivity index (χ2v) is 7.37. The molecule has 5 nitrogen and oxygen atoms in total. The summed E-state index contributed by atoms with van der Waals surface area (Å²) in [5, 5.41) is 12.3. The Kier molecular flexibility index (Phi) is 4.56. The monoisotopic (exact) mass is 383 g/mol. The van der Waals surface area contributed by atoms with Crippen LogP contribution in [0, 0.1) is 0 Å². The van der Waals surface area contributed by atoms with E-state index < -0.39 is 0 Å². The minimum Gasteiger partial charge on any atom is -0.473 e. The summed E-state index contributed by atoms with van der Waals surface area (Å²) < 4.78 is 6.16. The van der Waals surface area contributed by atoms with Gasteiger partial charge in [0.05, 0.1) is 6.20 Å². The van der Waals surface area contributed by atoms with E-state index in [0.717, 1.165) is 39.9 Å². The van der Waals surface area contributed by atoms with Gasteiger partial charge in [-0.3, -0.25) is 4.79 Å². The fourth-order valence-corrected chi connectivity index (χ4v) is 4.01. The van der Waals surface area contributed by atoms with Gasteiger partial charge in [-0.25, -0.2) is 0 Å². The fraction of sp³-hybridized carbons (Fsp3) is 0.208. The van der Waals surface area contributed by atoms with E-state index in [2.05, 4.69) is 10.2 Å². The molecule has 5 rings (SSSR count). The van der Waals surface area contributed by atoms with Crippen molar-refractivity contribution in [2.45, 2.75) is 18.9 Å². The van der Waals surface area contributed by atoms with Gasteiger partial charge in [0, 0.05) is 42.3 Å². The predicted molar refractivity (Wildman–Crippen MR) is 113 cm³/mol. The van der Waals surface area contributed by atoms with E-state index in [1.807, 2.05) is 71.6 Å². The number of ether oxygens (including phenoxy) is 1. The van der Waals surface area contributed by atoms with Crippen LogP contribution in [0.25, 0.3) is 21.5 Å². The van der Waals surface area contributed by atoms with Gasteiger partial charge in [0.25, 0.3) is 5.91 Å². The maximum atomic E-state index is 13.1. The quantitative estimate of drug-likeness (QED) is 0.524. The lowest BCUT2D eigenvalue weighted by Crippen LogP contribution is -2.42. The van der Waals surface area contributed by atoms with Crippen LogP contribution in [-0.4, -0.2) is 40.2 Å². The van der Waals surface area contributed by atoms with Gasteiger partial charge in [-0.2, -0.15) is 5.10 Å². The van der Waals surface area contributed by atoms with Crippen LogP contribution in [0.4, 0.5) is 0 Å². The Morgan fingerprint density at radius 2 is 1.55 bits per heavy atom. The van der Waals surface area contributed by atoms with E-state index in [-0.39, 0.29) is 12.0 Å². The van der Waals surface area contributed by atoms with Crippen LogP contribution in [-0.2, 0) is 0 Å². The van der Waals surface area contributed by atoms with Crippen LogP contribution >= 0.6 is 0 Å². The Bertz CT molecular complexity index is 1170. The molecule has 0 N–H and O–H groups in total. The Hall–Kier alpha value is -3.47. The Morgan fingerprint density at radius 1 is 0.862 bits per heavy atom. The van der Waals surface area contributed by atoms with Gasteiger partial charge in [-0.1, -0.05) is 54.6 Å². The molecule has 0 aliphatic carbocycles. The second kappa shape index (κ2) is 7.51. The molecule has 144 valence electrons. The van der Waals surface area contributed by atoms with E-state index in [4.69, 9.17) is 4.74 Å². The van der Waals surface area contributed by atoms with Crippen molar-refractivity contribution in [3.63, 3.8) is 0 Å². The normalized spacial score (nSPS) is 15.0. The summed E-state index contributed by atoms with van der Waals surface area (Å²) in [6.45, 7) is 1.34. The number of carbonyl (C=O) groups excluding carboxylic acids is 1. The van der Waals surface area contributed by atoms with Gasteiger partial charge in [-0.15, -0.1) is 5.10 Å². The van der Waals surface area contributed by atoms with E-state index in [1.165, 1.54) is 0 Å². The van der Waals surface area contributed by atoms with E-state index in [9.17, 15) is 4.79 Å². The van der Waals surface area contributed by atoms with Gasteiger partial charge in [-0.05, 0) is 22.9 Å².